The maximum absolute atomic E-state index is 13.4. The average molecular weight is 327 g/mol. The molecule has 3 aromatic rings. The summed E-state index contributed by atoms with van der Waals surface area (Å²) in [6, 6.07) is 10.2. The van der Waals surface area contributed by atoms with E-state index in [1.807, 2.05) is 36.7 Å². The van der Waals surface area contributed by atoms with Gasteiger partial charge < -0.3 is 14.6 Å². The van der Waals surface area contributed by atoms with E-state index in [1.54, 1.807) is 6.07 Å². The summed E-state index contributed by atoms with van der Waals surface area (Å²) >= 11 is 0. The molecule has 1 aromatic heterocycles. The molecule has 0 spiro atoms. The molecule has 0 atom stereocenters. The molecule has 2 aromatic carbocycles. The molecular formula is C18H18FN3O2. The third-order valence-corrected chi connectivity index (χ3v) is 3.88. The lowest BCUT2D eigenvalue weighted by Gasteiger charge is -2.10. The predicted molar refractivity (Wildman–Crippen MR) is 91.4 cm³/mol. The van der Waals surface area contributed by atoms with E-state index in [2.05, 4.69) is 10.3 Å². The first-order valence-electron chi connectivity index (χ1n) is 7.51. The highest BCUT2D eigenvalue weighted by atomic mass is 19.1. The van der Waals surface area contributed by atoms with Gasteiger partial charge in [0.05, 0.1) is 11.0 Å². The van der Waals surface area contributed by atoms with Crippen LogP contribution in [0.1, 0.15) is 5.56 Å². The van der Waals surface area contributed by atoms with E-state index in [-0.39, 0.29) is 18.3 Å². The molecule has 0 fully saturated rings. The van der Waals surface area contributed by atoms with Crippen molar-refractivity contribution >= 4 is 22.6 Å². The zero-order valence-electron chi connectivity index (χ0n) is 13.8. The van der Waals surface area contributed by atoms with E-state index < -0.39 is 0 Å². The van der Waals surface area contributed by atoms with Gasteiger partial charge in [-0.15, -0.1) is 0 Å². The molecule has 24 heavy (non-hydrogen) atoms. The normalized spacial score (nSPS) is 11.0. The lowest BCUT2D eigenvalue weighted by atomic mass is 10.1. The number of nitrogens with zero attached hydrogens (tertiary/aromatic N) is 2. The number of halogens is 1. The Labute approximate surface area is 139 Å². The molecule has 1 N–H and O–H groups in total. The molecule has 124 valence electrons. The smallest absolute Gasteiger partial charge is 0.250 e. The molecule has 0 aliphatic carbocycles. The quantitative estimate of drug-likeness (QED) is 0.800. The van der Waals surface area contributed by atoms with Crippen molar-refractivity contribution < 1.29 is 13.9 Å². The first-order valence-corrected chi connectivity index (χ1v) is 7.51. The van der Waals surface area contributed by atoms with E-state index in [0.29, 0.717) is 5.52 Å². The topological polar surface area (TPSA) is 56.1 Å². The van der Waals surface area contributed by atoms with Gasteiger partial charge in [0.25, 0.3) is 0 Å². The summed E-state index contributed by atoms with van der Waals surface area (Å²) in [5.74, 6) is 0.236. The van der Waals surface area contributed by atoms with E-state index in [0.717, 1.165) is 28.2 Å². The van der Waals surface area contributed by atoms with Gasteiger partial charge in [0.15, 0.2) is 0 Å². The standard InChI is InChI=1S/C18H18FN3O2/c1-11-8-12(4-6-14(11)20-17(23)10-24-3)18-21-15-9-13(19)5-7-16(15)22(18)2/h4-9H,10H2,1-3H3,(H,20,23). The van der Waals surface area contributed by atoms with Crippen LogP contribution < -0.4 is 5.32 Å². The molecule has 1 heterocycles. The van der Waals surface area contributed by atoms with E-state index in [9.17, 15) is 9.18 Å². The number of methoxy groups -OCH3 is 1. The predicted octanol–water partition coefficient (Wildman–Crippen LogP) is 3.27. The van der Waals surface area contributed by atoms with Crippen LogP contribution in [0.15, 0.2) is 36.4 Å². The molecule has 0 aliphatic heterocycles. The van der Waals surface area contributed by atoms with Crippen LogP contribution in [0.2, 0.25) is 0 Å². The Balaban J connectivity index is 1.97. The van der Waals surface area contributed by atoms with Crippen molar-refractivity contribution in [2.45, 2.75) is 6.92 Å². The number of amides is 1. The minimum Gasteiger partial charge on any atom is -0.375 e. The number of carbonyl (C=O) groups is 1. The van der Waals surface area contributed by atoms with Gasteiger partial charge >= 0.3 is 0 Å². The van der Waals surface area contributed by atoms with Gasteiger partial charge in [0.2, 0.25) is 5.91 Å². The summed E-state index contributed by atoms with van der Waals surface area (Å²) in [6.45, 7) is 1.92. The minimum atomic E-state index is -0.306. The summed E-state index contributed by atoms with van der Waals surface area (Å²) in [4.78, 5) is 16.2. The fraction of sp³-hybridized carbons (Fsp3) is 0.222. The Hall–Kier alpha value is -2.73. The third-order valence-electron chi connectivity index (χ3n) is 3.88. The fourth-order valence-electron chi connectivity index (χ4n) is 2.69. The monoisotopic (exact) mass is 327 g/mol. The second kappa shape index (κ2) is 6.41. The zero-order valence-corrected chi connectivity index (χ0v) is 13.8. The number of aryl methyl sites for hydroxylation is 2. The molecule has 0 aliphatic rings. The van der Waals surface area contributed by atoms with Crippen molar-refractivity contribution in [3.63, 3.8) is 0 Å². The number of fused-ring (bicyclic) bond motifs is 1. The van der Waals surface area contributed by atoms with Crippen molar-refractivity contribution in [1.82, 2.24) is 9.55 Å². The number of aromatic nitrogens is 2. The molecule has 6 heteroatoms. The van der Waals surface area contributed by atoms with Crippen molar-refractivity contribution in [3.8, 4) is 11.4 Å². The highest BCUT2D eigenvalue weighted by Crippen LogP contribution is 2.27. The Morgan fingerprint density at radius 3 is 2.79 bits per heavy atom. The summed E-state index contributed by atoms with van der Waals surface area (Å²) in [6.07, 6.45) is 0. The van der Waals surface area contributed by atoms with E-state index in [1.165, 1.54) is 19.2 Å². The summed E-state index contributed by atoms with van der Waals surface area (Å²) in [5, 5.41) is 2.80. The molecule has 0 bridgehead atoms. The van der Waals surface area contributed by atoms with Crippen LogP contribution in [0.5, 0.6) is 0 Å². The molecule has 0 saturated carbocycles. The summed E-state index contributed by atoms with van der Waals surface area (Å²) < 4.78 is 20.1. The van der Waals surface area contributed by atoms with Crippen molar-refractivity contribution in [3.05, 3.63) is 47.8 Å². The Morgan fingerprint density at radius 2 is 2.08 bits per heavy atom. The number of rotatable bonds is 4. The highest BCUT2D eigenvalue weighted by Gasteiger charge is 2.12. The van der Waals surface area contributed by atoms with Gasteiger partial charge in [-0.25, -0.2) is 9.37 Å². The van der Waals surface area contributed by atoms with Crippen molar-refractivity contribution in [2.75, 3.05) is 19.0 Å². The molecule has 5 nitrogen and oxygen atoms in total. The number of hydrogen-bond acceptors (Lipinski definition) is 3. The molecule has 3 rings (SSSR count). The van der Waals surface area contributed by atoms with Crippen LogP contribution in [0.3, 0.4) is 0 Å². The minimum absolute atomic E-state index is 0.0114. The third kappa shape index (κ3) is 3.00. The Kier molecular flexibility index (Phi) is 4.31. The van der Waals surface area contributed by atoms with Crippen LogP contribution >= 0.6 is 0 Å². The largest absolute Gasteiger partial charge is 0.375 e. The Bertz CT molecular complexity index is 918. The second-order valence-corrected chi connectivity index (χ2v) is 5.64. The lowest BCUT2D eigenvalue weighted by Crippen LogP contribution is -2.17. The van der Waals surface area contributed by atoms with Crippen LogP contribution in [-0.4, -0.2) is 29.2 Å². The molecule has 0 radical (unpaired) electrons. The number of nitrogens with one attached hydrogen (secondary N) is 1. The van der Waals surface area contributed by atoms with Gasteiger partial charge in [0, 0.05) is 31.5 Å². The maximum Gasteiger partial charge on any atom is 0.250 e. The SMILES string of the molecule is COCC(=O)Nc1ccc(-c2nc3cc(F)ccc3n2C)cc1C. The highest BCUT2D eigenvalue weighted by molar-refractivity contribution is 5.92. The van der Waals surface area contributed by atoms with Gasteiger partial charge in [-0.2, -0.15) is 0 Å². The van der Waals surface area contributed by atoms with E-state index >= 15 is 0 Å². The molecule has 0 unspecified atom stereocenters. The van der Waals surface area contributed by atoms with Crippen LogP contribution in [0, 0.1) is 12.7 Å². The first-order chi connectivity index (χ1) is 11.5. The number of benzene rings is 2. The van der Waals surface area contributed by atoms with Crippen LogP contribution in [0.4, 0.5) is 10.1 Å². The van der Waals surface area contributed by atoms with Crippen LogP contribution in [0.25, 0.3) is 22.4 Å². The van der Waals surface area contributed by atoms with Gasteiger partial charge in [-0.1, -0.05) is 0 Å². The van der Waals surface area contributed by atoms with Crippen molar-refractivity contribution in [2.24, 2.45) is 7.05 Å². The fourth-order valence-corrected chi connectivity index (χ4v) is 2.69. The van der Waals surface area contributed by atoms with Gasteiger partial charge in [0.1, 0.15) is 18.2 Å². The zero-order chi connectivity index (χ0) is 17.3. The Morgan fingerprint density at radius 1 is 1.29 bits per heavy atom. The molecular weight excluding hydrogens is 309 g/mol. The number of ether oxygens (including phenoxy) is 1. The first kappa shape index (κ1) is 16.1. The number of anilines is 1. The molecule has 1 amide bonds. The van der Waals surface area contributed by atoms with Crippen molar-refractivity contribution in [1.29, 1.82) is 0 Å². The number of imidazole rings is 1. The number of carbonyl (C=O) groups excluding carboxylic acids is 1. The average Bonchev–Trinajstić information content (AvgIpc) is 2.86. The lowest BCUT2D eigenvalue weighted by molar-refractivity contribution is -0.119. The molecule has 0 saturated heterocycles. The summed E-state index contributed by atoms with van der Waals surface area (Å²) in [5.41, 5.74) is 4.02. The van der Waals surface area contributed by atoms with E-state index in [4.69, 9.17) is 4.74 Å². The van der Waals surface area contributed by atoms with Gasteiger partial charge in [-0.3, -0.25) is 4.79 Å². The van der Waals surface area contributed by atoms with Gasteiger partial charge in [-0.05, 0) is 42.8 Å². The maximum atomic E-state index is 13.4. The number of hydrogen-bond donors (Lipinski definition) is 1. The second-order valence-electron chi connectivity index (χ2n) is 5.64. The summed E-state index contributed by atoms with van der Waals surface area (Å²) in [7, 11) is 3.37. The van der Waals surface area contributed by atoms with Crippen LogP contribution in [-0.2, 0) is 16.6 Å².